The molecule has 0 aliphatic heterocycles. The number of fused-ring (bicyclic) bond motifs is 1. The van der Waals surface area contributed by atoms with Crippen molar-refractivity contribution in [2.24, 2.45) is 0 Å². The van der Waals surface area contributed by atoms with E-state index >= 15 is 0 Å². The first-order chi connectivity index (χ1) is 4.88. The number of benzene rings is 1. The maximum absolute atomic E-state index is 3.92. The fourth-order valence-corrected chi connectivity index (χ4v) is 1.91. The van der Waals surface area contributed by atoms with Gasteiger partial charge in [-0.25, -0.2) is 11.3 Å². The van der Waals surface area contributed by atoms with Crippen LogP contribution in [0.2, 0.25) is 0 Å². The van der Waals surface area contributed by atoms with Gasteiger partial charge in [-0.05, 0) is 4.70 Å². The van der Waals surface area contributed by atoms with Crippen molar-refractivity contribution in [1.82, 2.24) is 0 Å². The first-order valence-corrected chi connectivity index (χ1v) is 4.04. The molecule has 1 aromatic carbocycles. The van der Waals surface area contributed by atoms with Crippen LogP contribution in [-0.2, 0) is 0 Å². The summed E-state index contributed by atoms with van der Waals surface area (Å²) in [5.74, 6) is 0. The number of hydrogen-bond acceptors (Lipinski definition) is 1. The van der Waals surface area contributed by atoms with Gasteiger partial charge in [0.05, 0.1) is 0 Å². The third kappa shape index (κ3) is 2.07. The van der Waals surface area contributed by atoms with Crippen LogP contribution in [0, 0.1) is 6.92 Å². The third-order valence-electron chi connectivity index (χ3n) is 1.56. The summed E-state index contributed by atoms with van der Waals surface area (Å²) < 4.78 is 1.33. The fourth-order valence-electron chi connectivity index (χ4n) is 1.03. The SMILES string of the molecule is [CH2-]c1csc2ccccc12.[Cl-].[Mg+2]. The first kappa shape index (κ1) is 12.1. The van der Waals surface area contributed by atoms with Gasteiger partial charge in [0, 0.05) is 0 Å². The summed E-state index contributed by atoms with van der Waals surface area (Å²) in [6.45, 7) is 3.92. The van der Waals surface area contributed by atoms with E-state index in [9.17, 15) is 0 Å². The predicted molar refractivity (Wildman–Crippen MR) is 52.0 cm³/mol. The molecular formula is C9H7ClMgS. The Bertz CT molecular complexity index is 356. The van der Waals surface area contributed by atoms with Gasteiger partial charge in [0.2, 0.25) is 0 Å². The molecule has 0 saturated carbocycles. The molecule has 0 N–H and O–H groups in total. The Balaban J connectivity index is 0.000000605. The topological polar surface area (TPSA) is 0 Å². The standard InChI is InChI=1S/C9H7S.ClH.Mg/c1-7-6-10-9-5-3-2-4-8(7)9;;/h2-6H,1H2;1H;/q-1;;+2/p-1. The van der Waals surface area contributed by atoms with E-state index in [0.29, 0.717) is 0 Å². The van der Waals surface area contributed by atoms with Crippen molar-refractivity contribution in [2.45, 2.75) is 0 Å². The van der Waals surface area contributed by atoms with Crippen LogP contribution in [0.3, 0.4) is 0 Å². The Kier molecular flexibility index (Phi) is 5.01. The molecule has 2 aromatic rings. The molecule has 0 aliphatic carbocycles. The van der Waals surface area contributed by atoms with Gasteiger partial charge in [0.15, 0.2) is 0 Å². The molecule has 0 nitrogen and oxygen atoms in total. The molecule has 3 heteroatoms. The Morgan fingerprint density at radius 3 is 2.50 bits per heavy atom. The largest absolute Gasteiger partial charge is 2.00 e. The average molecular weight is 207 g/mol. The molecular weight excluding hydrogens is 200 g/mol. The molecule has 0 aliphatic rings. The van der Waals surface area contributed by atoms with Crippen LogP contribution in [0.4, 0.5) is 0 Å². The van der Waals surface area contributed by atoms with Crippen molar-refractivity contribution in [3.63, 3.8) is 0 Å². The van der Waals surface area contributed by atoms with Gasteiger partial charge in [-0.2, -0.15) is 12.5 Å². The molecule has 0 bridgehead atoms. The predicted octanol–water partition coefficient (Wildman–Crippen LogP) is -0.293. The fraction of sp³-hybridized carbons (Fsp3) is 0. The zero-order chi connectivity index (χ0) is 6.97. The van der Waals surface area contributed by atoms with Crippen LogP contribution >= 0.6 is 11.3 Å². The number of thiophene rings is 1. The number of hydrogen-bond donors (Lipinski definition) is 0. The zero-order valence-electron chi connectivity index (χ0n) is 6.59. The summed E-state index contributed by atoms with van der Waals surface area (Å²) in [5, 5.41) is 3.37. The molecule has 1 heterocycles. The molecule has 0 amide bonds. The van der Waals surface area contributed by atoms with Gasteiger partial charge in [0.1, 0.15) is 0 Å². The van der Waals surface area contributed by atoms with Crippen molar-refractivity contribution >= 4 is 44.5 Å². The van der Waals surface area contributed by atoms with Crippen LogP contribution in [-0.4, -0.2) is 23.1 Å². The van der Waals surface area contributed by atoms with Gasteiger partial charge in [0.25, 0.3) is 0 Å². The maximum Gasteiger partial charge on any atom is 2.00 e. The van der Waals surface area contributed by atoms with E-state index in [2.05, 4.69) is 30.5 Å². The second-order valence-corrected chi connectivity index (χ2v) is 3.17. The van der Waals surface area contributed by atoms with Crippen LogP contribution < -0.4 is 12.4 Å². The average Bonchev–Trinajstić information content (AvgIpc) is 2.34. The summed E-state index contributed by atoms with van der Waals surface area (Å²) in [5.41, 5.74) is 1.14. The van der Waals surface area contributed by atoms with E-state index in [-0.39, 0.29) is 35.5 Å². The van der Waals surface area contributed by atoms with Gasteiger partial charge in [-0.3, -0.25) is 0 Å². The van der Waals surface area contributed by atoms with Crippen molar-refractivity contribution in [1.29, 1.82) is 0 Å². The van der Waals surface area contributed by atoms with E-state index in [1.54, 1.807) is 11.3 Å². The van der Waals surface area contributed by atoms with E-state index in [1.165, 1.54) is 10.1 Å². The quantitative estimate of drug-likeness (QED) is 0.411. The summed E-state index contributed by atoms with van der Waals surface area (Å²) >= 11 is 1.75. The minimum absolute atomic E-state index is 0. The molecule has 0 spiro atoms. The molecule has 58 valence electrons. The molecule has 1 aromatic heterocycles. The van der Waals surface area contributed by atoms with Crippen LogP contribution in [0.1, 0.15) is 5.56 Å². The van der Waals surface area contributed by atoms with Gasteiger partial charge in [-0.15, -0.1) is 16.8 Å². The molecule has 0 saturated heterocycles. The van der Waals surface area contributed by atoms with Crippen LogP contribution in [0.15, 0.2) is 29.6 Å². The Morgan fingerprint density at radius 1 is 1.17 bits per heavy atom. The van der Waals surface area contributed by atoms with Crippen molar-refractivity contribution < 1.29 is 12.4 Å². The van der Waals surface area contributed by atoms with Crippen LogP contribution in [0.25, 0.3) is 10.1 Å². The van der Waals surface area contributed by atoms with Crippen LogP contribution in [0.5, 0.6) is 0 Å². The Labute approximate surface area is 98.5 Å². The molecule has 2 rings (SSSR count). The third-order valence-corrected chi connectivity index (χ3v) is 2.57. The first-order valence-electron chi connectivity index (χ1n) is 3.16. The summed E-state index contributed by atoms with van der Waals surface area (Å²) in [6, 6.07) is 8.32. The molecule has 12 heavy (non-hydrogen) atoms. The maximum atomic E-state index is 3.92. The number of rotatable bonds is 0. The monoisotopic (exact) mass is 206 g/mol. The zero-order valence-corrected chi connectivity index (χ0v) is 9.57. The van der Waals surface area contributed by atoms with Gasteiger partial charge in [-0.1, -0.05) is 18.2 Å². The molecule has 0 atom stereocenters. The number of halogens is 1. The Morgan fingerprint density at radius 2 is 1.83 bits per heavy atom. The second-order valence-electron chi connectivity index (χ2n) is 2.26. The van der Waals surface area contributed by atoms with Gasteiger partial charge < -0.3 is 12.4 Å². The second kappa shape index (κ2) is 4.97. The van der Waals surface area contributed by atoms with E-state index < -0.39 is 0 Å². The summed E-state index contributed by atoms with van der Waals surface area (Å²) in [6.07, 6.45) is 0. The van der Waals surface area contributed by atoms with Crippen molar-refractivity contribution in [2.75, 3.05) is 0 Å². The normalized spacial score (nSPS) is 8.67. The minimum atomic E-state index is 0. The van der Waals surface area contributed by atoms with Gasteiger partial charge >= 0.3 is 23.1 Å². The van der Waals surface area contributed by atoms with Crippen molar-refractivity contribution in [3.05, 3.63) is 42.1 Å². The Hall–Kier alpha value is 0.106. The van der Waals surface area contributed by atoms with E-state index in [1.807, 2.05) is 6.07 Å². The minimum Gasteiger partial charge on any atom is -1.00 e. The van der Waals surface area contributed by atoms with Crippen molar-refractivity contribution in [3.8, 4) is 0 Å². The van der Waals surface area contributed by atoms with E-state index in [4.69, 9.17) is 0 Å². The summed E-state index contributed by atoms with van der Waals surface area (Å²) in [7, 11) is 0. The molecule has 0 radical (unpaired) electrons. The molecule has 0 fully saturated rings. The molecule has 0 unspecified atom stereocenters. The summed E-state index contributed by atoms with van der Waals surface area (Å²) in [4.78, 5) is 0. The van der Waals surface area contributed by atoms with E-state index in [0.717, 1.165) is 5.56 Å². The smallest absolute Gasteiger partial charge is 1.00 e.